The molecule has 2 atom stereocenters. The minimum Gasteiger partial charge on any atom is -0.378 e. The summed E-state index contributed by atoms with van der Waals surface area (Å²) in [6.45, 7) is 2.05. The lowest BCUT2D eigenvalue weighted by Gasteiger charge is -2.33. The van der Waals surface area contributed by atoms with Gasteiger partial charge in [-0.25, -0.2) is 0 Å². The number of rotatable bonds is 3. The summed E-state index contributed by atoms with van der Waals surface area (Å²) in [7, 11) is 0. The summed E-state index contributed by atoms with van der Waals surface area (Å²) in [5.41, 5.74) is 5.04. The van der Waals surface area contributed by atoms with Crippen molar-refractivity contribution in [2.75, 3.05) is 0 Å². The van der Waals surface area contributed by atoms with Gasteiger partial charge in [0.2, 0.25) is 0 Å². The van der Waals surface area contributed by atoms with E-state index in [-0.39, 0.29) is 17.7 Å². The molecule has 1 aliphatic carbocycles. The Kier molecular flexibility index (Phi) is 4.54. The van der Waals surface area contributed by atoms with Gasteiger partial charge >= 0.3 is 6.18 Å². The Labute approximate surface area is 148 Å². The largest absolute Gasteiger partial charge is 0.419 e. The van der Waals surface area contributed by atoms with E-state index in [4.69, 9.17) is 5.73 Å². The Morgan fingerprint density at radius 1 is 1.31 bits per heavy atom. The van der Waals surface area contributed by atoms with Crippen LogP contribution in [0.3, 0.4) is 0 Å². The highest BCUT2D eigenvalue weighted by atomic mass is 19.4. The van der Waals surface area contributed by atoms with Crippen molar-refractivity contribution < 1.29 is 23.1 Å². The monoisotopic (exact) mass is 364 g/mol. The fourth-order valence-corrected chi connectivity index (χ4v) is 3.33. The second-order valence-corrected chi connectivity index (χ2v) is 6.55. The lowest BCUT2D eigenvalue weighted by atomic mass is 9.93. The number of carbonyl (C=O) groups is 1. The first-order chi connectivity index (χ1) is 12.2. The number of hydrogen-bond acceptors (Lipinski definition) is 3. The molecule has 0 heterocycles. The SMILES string of the molecule is Cc1ccc(C(=O)NC2c3ccccc3CC2(O)C(F)(F)F)cc1CN. The van der Waals surface area contributed by atoms with E-state index in [0.717, 1.165) is 11.1 Å². The summed E-state index contributed by atoms with van der Waals surface area (Å²) in [4.78, 5) is 12.6. The molecule has 0 aliphatic heterocycles. The molecule has 26 heavy (non-hydrogen) atoms. The summed E-state index contributed by atoms with van der Waals surface area (Å²) in [6.07, 6.45) is -5.49. The van der Waals surface area contributed by atoms with Gasteiger partial charge < -0.3 is 16.2 Å². The standard InChI is InChI=1S/C19H19F3N2O2/c1-11-6-7-12(8-14(11)10-23)17(25)24-16-15-5-3-2-4-13(15)9-18(16,26)19(20,21)22/h2-8,16,26H,9-10,23H2,1H3,(H,24,25). The number of hydrogen-bond donors (Lipinski definition) is 3. The fraction of sp³-hybridized carbons (Fsp3) is 0.316. The third kappa shape index (κ3) is 2.97. The molecule has 4 nitrogen and oxygen atoms in total. The molecule has 0 bridgehead atoms. The Morgan fingerprint density at radius 2 is 2.00 bits per heavy atom. The highest BCUT2D eigenvalue weighted by molar-refractivity contribution is 5.95. The number of fused-ring (bicyclic) bond motifs is 1. The summed E-state index contributed by atoms with van der Waals surface area (Å²) in [5.74, 6) is -0.691. The summed E-state index contributed by atoms with van der Waals surface area (Å²) in [5, 5.41) is 12.8. The van der Waals surface area contributed by atoms with E-state index in [9.17, 15) is 23.1 Å². The Bertz CT molecular complexity index is 851. The van der Waals surface area contributed by atoms with Gasteiger partial charge in [0.15, 0.2) is 5.60 Å². The normalized spacial score (nSPS) is 22.2. The van der Waals surface area contributed by atoms with E-state index < -0.39 is 30.1 Å². The van der Waals surface area contributed by atoms with Crippen molar-refractivity contribution in [1.29, 1.82) is 0 Å². The minimum atomic E-state index is -4.89. The Hall–Kier alpha value is -2.38. The van der Waals surface area contributed by atoms with Gasteiger partial charge in [-0.15, -0.1) is 0 Å². The maximum Gasteiger partial charge on any atom is 0.419 e. The zero-order valence-electron chi connectivity index (χ0n) is 14.1. The van der Waals surface area contributed by atoms with Crippen molar-refractivity contribution in [3.8, 4) is 0 Å². The quantitative estimate of drug-likeness (QED) is 0.784. The molecule has 138 valence electrons. The maximum absolute atomic E-state index is 13.6. The molecule has 0 saturated heterocycles. The van der Waals surface area contributed by atoms with E-state index in [1.54, 1.807) is 24.3 Å². The number of halogens is 3. The number of nitrogens with two attached hydrogens (primary N) is 1. The third-order valence-corrected chi connectivity index (χ3v) is 4.90. The van der Waals surface area contributed by atoms with E-state index >= 15 is 0 Å². The summed E-state index contributed by atoms with van der Waals surface area (Å²) in [6, 6.07) is 9.40. The first-order valence-electron chi connectivity index (χ1n) is 8.14. The average molecular weight is 364 g/mol. The molecular formula is C19H19F3N2O2. The maximum atomic E-state index is 13.6. The Morgan fingerprint density at radius 3 is 2.65 bits per heavy atom. The van der Waals surface area contributed by atoms with Crippen molar-refractivity contribution in [3.63, 3.8) is 0 Å². The molecule has 2 aromatic rings. The van der Waals surface area contributed by atoms with E-state index in [1.165, 1.54) is 18.2 Å². The van der Waals surface area contributed by atoms with Gasteiger partial charge in [-0.05, 0) is 41.3 Å². The van der Waals surface area contributed by atoms with Gasteiger partial charge in [0.25, 0.3) is 5.91 Å². The van der Waals surface area contributed by atoms with Crippen LogP contribution in [0.1, 0.15) is 38.7 Å². The topological polar surface area (TPSA) is 75.3 Å². The van der Waals surface area contributed by atoms with E-state index in [0.29, 0.717) is 5.56 Å². The van der Waals surface area contributed by atoms with Crippen LogP contribution in [0.4, 0.5) is 13.2 Å². The molecular weight excluding hydrogens is 345 g/mol. The van der Waals surface area contributed by atoms with Crippen molar-refractivity contribution in [2.24, 2.45) is 5.73 Å². The molecule has 7 heteroatoms. The Balaban J connectivity index is 1.97. The number of alkyl halides is 3. The molecule has 0 spiro atoms. The predicted molar refractivity (Wildman–Crippen MR) is 90.4 cm³/mol. The highest BCUT2D eigenvalue weighted by Gasteiger charge is 2.62. The molecule has 2 aromatic carbocycles. The van der Waals surface area contributed by atoms with Crippen molar-refractivity contribution in [2.45, 2.75) is 37.7 Å². The molecule has 0 fully saturated rings. The molecule has 0 aromatic heterocycles. The lowest BCUT2D eigenvalue weighted by molar-refractivity contribution is -0.266. The van der Waals surface area contributed by atoms with Crippen LogP contribution in [-0.2, 0) is 13.0 Å². The van der Waals surface area contributed by atoms with Crippen LogP contribution in [0, 0.1) is 6.92 Å². The van der Waals surface area contributed by atoms with Crippen molar-refractivity contribution in [3.05, 3.63) is 70.3 Å². The molecule has 4 N–H and O–H groups in total. The van der Waals surface area contributed by atoms with Crippen molar-refractivity contribution >= 4 is 5.91 Å². The van der Waals surface area contributed by atoms with E-state index in [2.05, 4.69) is 5.32 Å². The van der Waals surface area contributed by atoms with Gasteiger partial charge in [0.1, 0.15) is 0 Å². The summed E-state index contributed by atoms with van der Waals surface area (Å²) >= 11 is 0. The van der Waals surface area contributed by atoms with Gasteiger partial charge in [-0.2, -0.15) is 13.2 Å². The molecule has 1 aliphatic rings. The fourth-order valence-electron chi connectivity index (χ4n) is 3.33. The van der Waals surface area contributed by atoms with Crippen LogP contribution in [0.15, 0.2) is 42.5 Å². The molecule has 0 radical (unpaired) electrons. The number of benzene rings is 2. The number of aliphatic hydroxyl groups is 1. The van der Waals surface area contributed by atoms with Crippen LogP contribution < -0.4 is 11.1 Å². The van der Waals surface area contributed by atoms with Crippen LogP contribution >= 0.6 is 0 Å². The van der Waals surface area contributed by atoms with Gasteiger partial charge in [0, 0.05) is 18.5 Å². The first-order valence-corrected chi connectivity index (χ1v) is 8.14. The first kappa shape index (κ1) is 18.4. The minimum absolute atomic E-state index is 0.199. The van der Waals surface area contributed by atoms with E-state index in [1.807, 2.05) is 6.92 Å². The molecule has 2 unspecified atom stereocenters. The van der Waals surface area contributed by atoms with Crippen LogP contribution in [0.25, 0.3) is 0 Å². The number of amides is 1. The second kappa shape index (κ2) is 6.41. The number of aryl methyl sites for hydroxylation is 1. The predicted octanol–water partition coefficient (Wildman–Crippen LogP) is 2.77. The zero-order chi connectivity index (χ0) is 19.1. The number of carbonyl (C=O) groups excluding carboxylic acids is 1. The zero-order valence-corrected chi connectivity index (χ0v) is 14.1. The van der Waals surface area contributed by atoms with Gasteiger partial charge in [-0.1, -0.05) is 30.3 Å². The van der Waals surface area contributed by atoms with Crippen LogP contribution in [-0.4, -0.2) is 22.8 Å². The van der Waals surface area contributed by atoms with Gasteiger partial charge in [0.05, 0.1) is 6.04 Å². The number of nitrogens with one attached hydrogen (secondary N) is 1. The average Bonchev–Trinajstić information content (AvgIpc) is 2.88. The smallest absolute Gasteiger partial charge is 0.378 e. The van der Waals surface area contributed by atoms with Gasteiger partial charge in [-0.3, -0.25) is 4.79 Å². The van der Waals surface area contributed by atoms with Crippen LogP contribution in [0.5, 0.6) is 0 Å². The second-order valence-electron chi connectivity index (χ2n) is 6.55. The lowest BCUT2D eigenvalue weighted by Crippen LogP contribution is -2.54. The molecule has 3 rings (SSSR count). The molecule has 0 saturated carbocycles. The third-order valence-electron chi connectivity index (χ3n) is 4.90. The molecule has 1 amide bonds. The summed E-state index contributed by atoms with van der Waals surface area (Å²) < 4.78 is 40.7. The van der Waals surface area contributed by atoms with Crippen molar-refractivity contribution in [1.82, 2.24) is 5.32 Å². The highest BCUT2D eigenvalue weighted by Crippen LogP contribution is 2.48. The van der Waals surface area contributed by atoms with Crippen LogP contribution in [0.2, 0.25) is 0 Å².